The Balaban J connectivity index is 1.51. The Hall–Kier alpha value is -3.00. The molecule has 0 amide bonds. The molecule has 5 rings (SSSR count). The smallest absolute Gasteiger partial charge is 0.289 e. The Morgan fingerprint density at radius 3 is 2.76 bits per heavy atom. The van der Waals surface area contributed by atoms with E-state index in [9.17, 15) is 22.9 Å². The van der Waals surface area contributed by atoms with Gasteiger partial charge in [0, 0.05) is 28.5 Å². The normalized spacial score (nSPS) is 14.2. The average molecular weight is 564 g/mol. The van der Waals surface area contributed by atoms with Gasteiger partial charge in [-0.2, -0.15) is 4.31 Å². The van der Waals surface area contributed by atoms with Crippen molar-refractivity contribution in [2.45, 2.75) is 17.9 Å². The van der Waals surface area contributed by atoms with Crippen LogP contribution in [0.1, 0.15) is 10.4 Å². The summed E-state index contributed by atoms with van der Waals surface area (Å²) in [5, 5.41) is 15.4. The number of nitro benzene ring substituents is 1. The molecule has 0 unspecified atom stereocenters. The largest absolute Gasteiger partial charge is 0.339 e. The fourth-order valence-electron chi connectivity index (χ4n) is 3.89. The number of anilines is 2. The van der Waals surface area contributed by atoms with Gasteiger partial charge in [-0.25, -0.2) is 22.8 Å². The first-order valence-electron chi connectivity index (χ1n) is 9.96. The summed E-state index contributed by atoms with van der Waals surface area (Å²) in [7, 11) is -4.08. The van der Waals surface area contributed by atoms with Crippen LogP contribution in [0.5, 0.6) is 0 Å². The lowest BCUT2D eigenvalue weighted by Crippen LogP contribution is -2.35. The van der Waals surface area contributed by atoms with E-state index in [1.54, 1.807) is 6.07 Å². The Labute approximate surface area is 205 Å². The average Bonchev–Trinajstić information content (AvgIpc) is 3.19. The molecule has 4 aromatic rings. The van der Waals surface area contributed by atoms with E-state index in [-0.39, 0.29) is 23.8 Å². The van der Waals surface area contributed by atoms with E-state index >= 15 is 0 Å². The molecule has 0 fully saturated rings. The lowest BCUT2D eigenvalue weighted by molar-refractivity contribution is -0.387. The minimum absolute atomic E-state index is 0.0738. The van der Waals surface area contributed by atoms with E-state index < -0.39 is 20.6 Å². The van der Waals surface area contributed by atoms with Crippen molar-refractivity contribution < 1.29 is 17.7 Å². The number of halogens is 2. The van der Waals surface area contributed by atoms with Gasteiger partial charge in [0.05, 0.1) is 16.0 Å². The quantitative estimate of drug-likeness (QED) is 0.268. The van der Waals surface area contributed by atoms with Crippen molar-refractivity contribution in [3.63, 3.8) is 0 Å². The van der Waals surface area contributed by atoms with Crippen LogP contribution in [0.2, 0.25) is 0 Å². The lowest BCUT2D eigenvalue weighted by atomic mass is 10.1. The fraction of sp³-hybridized carbons (Fsp3) is 0.143. The molecule has 9 nitrogen and oxygen atoms in total. The molecule has 3 heterocycles. The van der Waals surface area contributed by atoms with Crippen LogP contribution in [0.15, 0.2) is 58.2 Å². The number of rotatable bonds is 5. The molecule has 13 heteroatoms. The van der Waals surface area contributed by atoms with Crippen LogP contribution in [0.25, 0.3) is 10.2 Å². The van der Waals surface area contributed by atoms with Crippen LogP contribution in [0.3, 0.4) is 0 Å². The minimum Gasteiger partial charge on any atom is -0.339 e. The summed E-state index contributed by atoms with van der Waals surface area (Å²) in [6, 6.07) is 9.60. The molecule has 0 saturated heterocycles. The molecule has 0 aliphatic carbocycles. The maximum absolute atomic E-state index is 13.5. The highest BCUT2D eigenvalue weighted by Gasteiger charge is 2.35. The molecule has 2 aromatic heterocycles. The Morgan fingerprint density at radius 1 is 1.21 bits per heavy atom. The number of benzene rings is 2. The van der Waals surface area contributed by atoms with Crippen LogP contribution in [0, 0.1) is 15.9 Å². The number of sulfonamides is 1. The van der Waals surface area contributed by atoms with E-state index in [1.807, 2.05) is 0 Å². The Kier molecular flexibility index (Phi) is 5.80. The number of nitrogens with zero attached hydrogens (tertiary/aromatic N) is 4. The van der Waals surface area contributed by atoms with E-state index in [4.69, 9.17) is 0 Å². The van der Waals surface area contributed by atoms with Crippen molar-refractivity contribution in [2.24, 2.45) is 0 Å². The predicted octanol–water partition coefficient (Wildman–Crippen LogP) is 4.99. The molecular formula is C21H15BrFN5O4S2. The predicted molar refractivity (Wildman–Crippen MR) is 129 cm³/mol. The maximum Gasteiger partial charge on any atom is 0.289 e. The van der Waals surface area contributed by atoms with Crippen LogP contribution in [-0.2, 0) is 23.0 Å². The van der Waals surface area contributed by atoms with Crippen LogP contribution >= 0.6 is 27.3 Å². The first kappa shape index (κ1) is 22.8. The van der Waals surface area contributed by atoms with Gasteiger partial charge in [0.15, 0.2) is 4.90 Å². The summed E-state index contributed by atoms with van der Waals surface area (Å²) in [5.41, 5.74) is 1.10. The van der Waals surface area contributed by atoms with Crippen molar-refractivity contribution in [1.82, 2.24) is 14.3 Å². The van der Waals surface area contributed by atoms with Gasteiger partial charge in [0.25, 0.3) is 5.69 Å². The summed E-state index contributed by atoms with van der Waals surface area (Å²) in [4.78, 5) is 20.5. The highest BCUT2D eigenvalue weighted by atomic mass is 79.9. The number of hydrogen-bond donors (Lipinski definition) is 1. The summed E-state index contributed by atoms with van der Waals surface area (Å²) < 4.78 is 41.8. The van der Waals surface area contributed by atoms with Crippen molar-refractivity contribution >= 4 is 64.7 Å². The summed E-state index contributed by atoms with van der Waals surface area (Å²) in [6.45, 7) is 0.228. The van der Waals surface area contributed by atoms with Gasteiger partial charge in [0.2, 0.25) is 10.0 Å². The first-order chi connectivity index (χ1) is 16.3. The SMILES string of the molecule is O=[N+]([O-])c1ccccc1S(=O)(=O)N1CCc2c(sc3ncnc(Nc4ccc(F)cc4Br)c23)C1. The van der Waals surface area contributed by atoms with Crippen LogP contribution < -0.4 is 5.32 Å². The summed E-state index contributed by atoms with van der Waals surface area (Å²) in [6.07, 6.45) is 1.80. The Morgan fingerprint density at radius 2 is 2.00 bits per heavy atom. The highest BCUT2D eigenvalue weighted by molar-refractivity contribution is 9.10. The van der Waals surface area contributed by atoms with Gasteiger partial charge in [-0.1, -0.05) is 12.1 Å². The summed E-state index contributed by atoms with van der Waals surface area (Å²) in [5.74, 6) is 0.155. The molecule has 0 spiro atoms. The number of fused-ring (bicyclic) bond motifs is 3. The van der Waals surface area contributed by atoms with Gasteiger partial charge in [-0.05, 0) is 52.2 Å². The number of aromatic nitrogens is 2. The third-order valence-corrected chi connectivity index (χ3v) is 9.14. The topological polar surface area (TPSA) is 118 Å². The summed E-state index contributed by atoms with van der Waals surface area (Å²) >= 11 is 4.69. The van der Waals surface area contributed by atoms with E-state index in [2.05, 4.69) is 31.2 Å². The van der Waals surface area contributed by atoms with Crippen LogP contribution in [-0.4, -0.2) is 34.2 Å². The third kappa shape index (κ3) is 3.94. The zero-order chi connectivity index (χ0) is 24.0. The van der Waals surface area contributed by atoms with Gasteiger partial charge in [0.1, 0.15) is 22.8 Å². The van der Waals surface area contributed by atoms with Crippen LogP contribution in [0.4, 0.5) is 21.6 Å². The third-order valence-electron chi connectivity index (χ3n) is 5.47. The maximum atomic E-state index is 13.5. The molecule has 34 heavy (non-hydrogen) atoms. The molecule has 0 bridgehead atoms. The van der Waals surface area contributed by atoms with Gasteiger partial charge in [-0.3, -0.25) is 10.1 Å². The fourth-order valence-corrected chi connectivity index (χ4v) is 7.19. The van der Waals surface area contributed by atoms with Gasteiger partial charge < -0.3 is 5.32 Å². The molecule has 0 radical (unpaired) electrons. The standard InChI is InChI=1S/C21H15BrFN5O4S2/c22-14-9-12(23)5-6-15(14)26-20-19-13-7-8-27(10-17(13)33-21(19)25-11-24-20)34(31,32)18-4-2-1-3-16(18)28(29)30/h1-6,9,11H,7-8,10H2,(H,24,25,26). The van der Waals surface area contributed by atoms with Crippen molar-refractivity contribution in [3.8, 4) is 0 Å². The van der Waals surface area contributed by atoms with Crippen molar-refractivity contribution in [2.75, 3.05) is 11.9 Å². The number of thiophene rings is 1. The number of para-hydroxylation sites is 1. The van der Waals surface area contributed by atoms with Gasteiger partial charge >= 0.3 is 0 Å². The molecule has 2 aromatic carbocycles. The molecule has 1 aliphatic heterocycles. The van der Waals surface area contributed by atoms with E-state index in [0.717, 1.165) is 15.8 Å². The number of nitrogens with one attached hydrogen (secondary N) is 1. The van der Waals surface area contributed by atoms with Gasteiger partial charge in [-0.15, -0.1) is 11.3 Å². The molecule has 0 atom stereocenters. The van der Waals surface area contributed by atoms with E-state index in [0.29, 0.717) is 27.2 Å². The number of nitro groups is 1. The number of hydrogen-bond acceptors (Lipinski definition) is 8. The van der Waals surface area contributed by atoms with Crippen molar-refractivity contribution in [1.29, 1.82) is 0 Å². The zero-order valence-corrected chi connectivity index (χ0v) is 20.5. The molecular weight excluding hydrogens is 549 g/mol. The molecule has 1 N–H and O–H groups in total. The van der Waals surface area contributed by atoms with Crippen molar-refractivity contribution in [3.05, 3.63) is 79.6 Å². The molecule has 1 aliphatic rings. The molecule has 0 saturated carbocycles. The second-order valence-electron chi connectivity index (χ2n) is 7.47. The second-order valence-corrected chi connectivity index (χ2v) is 11.3. The second kappa shape index (κ2) is 8.65. The first-order valence-corrected chi connectivity index (χ1v) is 13.0. The monoisotopic (exact) mass is 563 g/mol. The molecule has 174 valence electrons. The van der Waals surface area contributed by atoms with E-state index in [1.165, 1.54) is 58.4 Å². The minimum atomic E-state index is -4.08. The zero-order valence-electron chi connectivity index (χ0n) is 17.2. The highest BCUT2D eigenvalue weighted by Crippen LogP contribution is 2.40. The lowest BCUT2D eigenvalue weighted by Gasteiger charge is -2.26. The Bertz CT molecular complexity index is 1560.